The Bertz CT molecular complexity index is 999. The summed E-state index contributed by atoms with van der Waals surface area (Å²) >= 11 is 0. The molecule has 2 aromatic carbocycles. The van der Waals surface area contributed by atoms with Crippen LogP contribution in [0.15, 0.2) is 59.5 Å². The maximum Gasteiger partial charge on any atom is 0.411 e. The number of hydrogen-bond acceptors (Lipinski definition) is 4. The molecule has 2 heterocycles. The predicted octanol–water partition coefficient (Wildman–Crippen LogP) is 3.95. The number of nitrogens with zero attached hydrogens (tertiary/aromatic N) is 2. The second-order valence-corrected chi connectivity index (χ2v) is 9.97. The molecule has 6 nitrogen and oxygen atoms in total. The molecule has 0 spiro atoms. The SMILES string of the molecule is CC(C)(C)OC(=O)N1CC[C@@H]2c3ccccc3N(S(=O)(=O)c3ccccc3)[C@@H]21. The van der Waals surface area contributed by atoms with Crippen LogP contribution >= 0.6 is 0 Å². The van der Waals surface area contributed by atoms with Crippen LogP contribution in [0.25, 0.3) is 0 Å². The molecule has 1 saturated heterocycles. The van der Waals surface area contributed by atoms with Crippen LogP contribution in [0.5, 0.6) is 0 Å². The zero-order chi connectivity index (χ0) is 20.1. The average molecular weight is 401 g/mol. The molecule has 148 valence electrons. The van der Waals surface area contributed by atoms with Crippen molar-refractivity contribution < 1.29 is 17.9 Å². The summed E-state index contributed by atoms with van der Waals surface area (Å²) in [5.41, 5.74) is 0.941. The molecule has 4 rings (SSSR count). The molecule has 2 atom stereocenters. The van der Waals surface area contributed by atoms with Gasteiger partial charge in [0.25, 0.3) is 10.0 Å². The number of fused-ring (bicyclic) bond motifs is 3. The van der Waals surface area contributed by atoms with Crippen LogP contribution in [0.2, 0.25) is 0 Å². The Kier molecular flexibility index (Phi) is 4.38. The van der Waals surface area contributed by atoms with Crippen molar-refractivity contribution in [2.24, 2.45) is 0 Å². The Morgan fingerprint density at radius 2 is 1.68 bits per heavy atom. The molecule has 1 fully saturated rings. The monoisotopic (exact) mass is 400 g/mol. The van der Waals surface area contributed by atoms with E-state index in [4.69, 9.17) is 4.74 Å². The molecule has 2 aliphatic rings. The Morgan fingerprint density at radius 3 is 2.36 bits per heavy atom. The van der Waals surface area contributed by atoms with E-state index >= 15 is 0 Å². The molecule has 2 aromatic rings. The van der Waals surface area contributed by atoms with Gasteiger partial charge in [0.15, 0.2) is 0 Å². The summed E-state index contributed by atoms with van der Waals surface area (Å²) in [7, 11) is -3.83. The predicted molar refractivity (Wildman–Crippen MR) is 107 cm³/mol. The summed E-state index contributed by atoms with van der Waals surface area (Å²) in [6, 6.07) is 15.8. The van der Waals surface area contributed by atoms with Gasteiger partial charge >= 0.3 is 6.09 Å². The molecule has 0 radical (unpaired) electrons. The molecule has 0 saturated carbocycles. The number of para-hydroxylation sites is 1. The first-order valence-corrected chi connectivity index (χ1v) is 10.8. The van der Waals surface area contributed by atoms with Crippen molar-refractivity contribution in [3.8, 4) is 0 Å². The number of likely N-dealkylation sites (tertiary alicyclic amines) is 1. The maximum absolute atomic E-state index is 13.5. The van der Waals surface area contributed by atoms with Crippen molar-refractivity contribution >= 4 is 21.8 Å². The second-order valence-electron chi connectivity index (χ2n) is 8.16. The molecule has 1 amide bonds. The minimum absolute atomic E-state index is 0.0674. The van der Waals surface area contributed by atoms with Crippen molar-refractivity contribution in [3.05, 3.63) is 60.2 Å². The van der Waals surface area contributed by atoms with E-state index in [1.54, 1.807) is 62.1 Å². The number of ether oxygens (including phenoxy) is 1. The Balaban J connectivity index is 1.80. The van der Waals surface area contributed by atoms with E-state index in [2.05, 4.69) is 0 Å². The van der Waals surface area contributed by atoms with Crippen molar-refractivity contribution in [1.82, 2.24) is 4.90 Å². The number of anilines is 1. The van der Waals surface area contributed by atoms with Crippen LogP contribution in [-0.2, 0) is 14.8 Å². The van der Waals surface area contributed by atoms with E-state index in [0.717, 1.165) is 5.56 Å². The average Bonchev–Trinajstić information content (AvgIpc) is 3.19. The number of carbonyl (C=O) groups is 1. The third-order valence-electron chi connectivity index (χ3n) is 5.10. The van der Waals surface area contributed by atoms with E-state index < -0.39 is 27.9 Å². The molecule has 28 heavy (non-hydrogen) atoms. The third-order valence-corrected chi connectivity index (χ3v) is 6.90. The summed E-state index contributed by atoms with van der Waals surface area (Å²) in [4.78, 5) is 14.6. The summed E-state index contributed by atoms with van der Waals surface area (Å²) in [6.45, 7) is 5.88. The lowest BCUT2D eigenvalue weighted by atomic mass is 9.99. The van der Waals surface area contributed by atoms with Gasteiger partial charge in [0, 0.05) is 12.5 Å². The zero-order valence-electron chi connectivity index (χ0n) is 16.2. The summed E-state index contributed by atoms with van der Waals surface area (Å²) in [6.07, 6.45) is -0.402. The molecule has 0 aliphatic carbocycles. The van der Waals surface area contributed by atoms with E-state index in [0.29, 0.717) is 18.7 Å². The van der Waals surface area contributed by atoms with Crippen LogP contribution in [0.1, 0.15) is 38.7 Å². The van der Waals surface area contributed by atoms with E-state index in [9.17, 15) is 13.2 Å². The first-order chi connectivity index (χ1) is 13.2. The second kappa shape index (κ2) is 6.51. The lowest BCUT2D eigenvalue weighted by molar-refractivity contribution is 0.0233. The Morgan fingerprint density at radius 1 is 1.04 bits per heavy atom. The number of benzene rings is 2. The number of sulfonamides is 1. The molecule has 0 bridgehead atoms. The minimum atomic E-state index is -3.83. The standard InChI is InChI=1S/C21H24N2O4S/c1-21(2,3)27-20(24)22-14-13-17-16-11-7-8-12-18(16)23(19(17)22)28(25,26)15-9-5-4-6-10-15/h4-12,17,19H,13-14H2,1-3H3/t17-,19+/m1/s1. The topological polar surface area (TPSA) is 66.9 Å². The van der Waals surface area contributed by atoms with Crippen LogP contribution < -0.4 is 4.31 Å². The summed E-state index contributed by atoms with van der Waals surface area (Å²) in [5, 5.41) is 0. The van der Waals surface area contributed by atoms with Gasteiger partial charge in [-0.2, -0.15) is 0 Å². The van der Waals surface area contributed by atoms with Crippen LogP contribution in [-0.4, -0.2) is 37.7 Å². The normalized spacial score (nSPS) is 21.4. The molecule has 0 unspecified atom stereocenters. The summed E-state index contributed by atoms with van der Waals surface area (Å²) < 4.78 is 34.0. The maximum atomic E-state index is 13.5. The van der Waals surface area contributed by atoms with Crippen LogP contribution in [0.4, 0.5) is 10.5 Å². The van der Waals surface area contributed by atoms with Gasteiger partial charge in [0.05, 0.1) is 10.6 Å². The quantitative estimate of drug-likeness (QED) is 0.766. The zero-order valence-corrected chi connectivity index (χ0v) is 17.0. The highest BCUT2D eigenvalue weighted by atomic mass is 32.2. The lowest BCUT2D eigenvalue weighted by Gasteiger charge is -2.34. The largest absolute Gasteiger partial charge is 0.444 e. The van der Waals surface area contributed by atoms with Gasteiger partial charge in [-0.05, 0) is 51.0 Å². The molecular weight excluding hydrogens is 376 g/mol. The molecule has 2 aliphatic heterocycles. The third kappa shape index (κ3) is 3.03. The minimum Gasteiger partial charge on any atom is -0.444 e. The highest BCUT2D eigenvalue weighted by Crippen LogP contribution is 2.50. The first kappa shape index (κ1) is 18.8. The molecule has 0 N–H and O–H groups in total. The van der Waals surface area contributed by atoms with Gasteiger partial charge in [0.1, 0.15) is 11.8 Å². The number of carbonyl (C=O) groups excluding carboxylic acids is 1. The van der Waals surface area contributed by atoms with Gasteiger partial charge in [-0.3, -0.25) is 4.90 Å². The van der Waals surface area contributed by atoms with E-state index in [-0.39, 0.29) is 10.8 Å². The fourth-order valence-electron chi connectivity index (χ4n) is 4.02. The molecule has 0 aromatic heterocycles. The Labute approximate surface area is 165 Å². The van der Waals surface area contributed by atoms with Crippen molar-refractivity contribution in [2.45, 2.75) is 49.8 Å². The van der Waals surface area contributed by atoms with Crippen molar-refractivity contribution in [2.75, 3.05) is 10.8 Å². The van der Waals surface area contributed by atoms with E-state index in [1.165, 1.54) is 4.31 Å². The van der Waals surface area contributed by atoms with Crippen LogP contribution in [0.3, 0.4) is 0 Å². The van der Waals surface area contributed by atoms with Gasteiger partial charge in [-0.25, -0.2) is 17.5 Å². The number of rotatable bonds is 2. The summed E-state index contributed by atoms with van der Waals surface area (Å²) in [5.74, 6) is -0.0674. The first-order valence-electron chi connectivity index (χ1n) is 9.38. The number of hydrogen-bond donors (Lipinski definition) is 0. The number of amides is 1. The highest BCUT2D eigenvalue weighted by Gasteiger charge is 2.52. The van der Waals surface area contributed by atoms with Gasteiger partial charge in [-0.15, -0.1) is 0 Å². The fourth-order valence-corrected chi connectivity index (χ4v) is 5.72. The lowest BCUT2D eigenvalue weighted by Crippen LogP contribution is -2.50. The van der Waals surface area contributed by atoms with Crippen LogP contribution in [0, 0.1) is 0 Å². The molecular formula is C21H24N2O4S. The smallest absolute Gasteiger partial charge is 0.411 e. The molecule has 7 heteroatoms. The van der Waals surface area contributed by atoms with Crippen molar-refractivity contribution in [1.29, 1.82) is 0 Å². The van der Waals surface area contributed by atoms with Gasteiger partial charge < -0.3 is 4.74 Å². The Hall–Kier alpha value is -2.54. The fraction of sp³-hybridized carbons (Fsp3) is 0.381. The van der Waals surface area contributed by atoms with Gasteiger partial charge in [0.2, 0.25) is 0 Å². The van der Waals surface area contributed by atoms with E-state index in [1.807, 2.05) is 18.2 Å². The van der Waals surface area contributed by atoms with Gasteiger partial charge in [-0.1, -0.05) is 36.4 Å². The van der Waals surface area contributed by atoms with Crippen molar-refractivity contribution in [3.63, 3.8) is 0 Å². The highest BCUT2D eigenvalue weighted by molar-refractivity contribution is 7.92.